The molecule has 1 heterocycles. The standard InChI is InChI=1S/C8H14O2/c1-2-4-7(3-1)8-9-5-6-10-8/h7-8H,1-6H2. The van der Waals surface area contributed by atoms with E-state index in [1.807, 2.05) is 0 Å². The molecule has 58 valence electrons. The Labute approximate surface area is 61.5 Å². The molecule has 2 nitrogen and oxygen atoms in total. The SMILES string of the molecule is C1CCC(C2OCCO2)C1. The molecule has 2 heteroatoms. The lowest BCUT2D eigenvalue weighted by atomic mass is 10.1. The monoisotopic (exact) mass is 142 g/mol. The third-order valence-corrected chi connectivity index (χ3v) is 2.43. The molecule has 0 atom stereocenters. The second-order valence-corrected chi connectivity index (χ2v) is 3.15. The van der Waals surface area contributed by atoms with Crippen molar-refractivity contribution < 1.29 is 9.47 Å². The highest BCUT2D eigenvalue weighted by molar-refractivity contribution is 4.72. The predicted molar refractivity (Wildman–Crippen MR) is 37.6 cm³/mol. The summed E-state index contributed by atoms with van der Waals surface area (Å²) in [5.41, 5.74) is 0. The van der Waals surface area contributed by atoms with Gasteiger partial charge >= 0.3 is 0 Å². The van der Waals surface area contributed by atoms with Crippen LogP contribution < -0.4 is 0 Å². The maximum atomic E-state index is 5.41. The van der Waals surface area contributed by atoms with Crippen molar-refractivity contribution in [2.45, 2.75) is 32.0 Å². The first-order valence-corrected chi connectivity index (χ1v) is 4.20. The molecular formula is C8H14O2. The quantitative estimate of drug-likeness (QED) is 0.553. The topological polar surface area (TPSA) is 18.5 Å². The van der Waals surface area contributed by atoms with E-state index in [0.29, 0.717) is 5.92 Å². The van der Waals surface area contributed by atoms with Gasteiger partial charge in [-0.05, 0) is 12.8 Å². The van der Waals surface area contributed by atoms with Gasteiger partial charge in [0.1, 0.15) is 0 Å². The molecule has 2 aliphatic rings. The van der Waals surface area contributed by atoms with E-state index < -0.39 is 0 Å². The van der Waals surface area contributed by atoms with E-state index in [1.165, 1.54) is 25.7 Å². The largest absolute Gasteiger partial charge is 0.350 e. The van der Waals surface area contributed by atoms with Crippen LogP contribution in [0.25, 0.3) is 0 Å². The van der Waals surface area contributed by atoms with Gasteiger partial charge in [0.05, 0.1) is 13.2 Å². The van der Waals surface area contributed by atoms with Crippen LogP contribution in [0.1, 0.15) is 25.7 Å². The van der Waals surface area contributed by atoms with E-state index in [-0.39, 0.29) is 6.29 Å². The van der Waals surface area contributed by atoms with Gasteiger partial charge in [-0.3, -0.25) is 0 Å². The Kier molecular flexibility index (Phi) is 1.91. The maximum Gasteiger partial charge on any atom is 0.160 e. The van der Waals surface area contributed by atoms with Crippen molar-refractivity contribution in [1.82, 2.24) is 0 Å². The first-order chi connectivity index (χ1) is 4.97. The summed E-state index contributed by atoms with van der Waals surface area (Å²) in [4.78, 5) is 0. The van der Waals surface area contributed by atoms with Crippen molar-refractivity contribution >= 4 is 0 Å². The molecule has 0 spiro atoms. The zero-order chi connectivity index (χ0) is 6.81. The van der Waals surface area contributed by atoms with Crippen molar-refractivity contribution in [1.29, 1.82) is 0 Å². The number of hydrogen-bond donors (Lipinski definition) is 0. The first-order valence-electron chi connectivity index (χ1n) is 4.20. The zero-order valence-corrected chi connectivity index (χ0v) is 6.21. The van der Waals surface area contributed by atoms with Crippen molar-refractivity contribution in [3.63, 3.8) is 0 Å². The average molecular weight is 142 g/mol. The second-order valence-electron chi connectivity index (χ2n) is 3.15. The molecule has 0 N–H and O–H groups in total. The van der Waals surface area contributed by atoms with Crippen molar-refractivity contribution in [2.24, 2.45) is 5.92 Å². The Bertz CT molecular complexity index is 87.8. The normalized spacial score (nSPS) is 30.0. The van der Waals surface area contributed by atoms with Crippen LogP contribution >= 0.6 is 0 Å². The van der Waals surface area contributed by atoms with Crippen LogP contribution in [0.4, 0.5) is 0 Å². The van der Waals surface area contributed by atoms with Gasteiger partial charge in [-0.15, -0.1) is 0 Å². The van der Waals surface area contributed by atoms with E-state index in [2.05, 4.69) is 0 Å². The summed E-state index contributed by atoms with van der Waals surface area (Å²) < 4.78 is 10.8. The molecule has 0 radical (unpaired) electrons. The molecule has 0 aromatic rings. The zero-order valence-electron chi connectivity index (χ0n) is 6.21. The molecular weight excluding hydrogens is 128 g/mol. The minimum atomic E-state index is 0.155. The lowest BCUT2D eigenvalue weighted by molar-refractivity contribution is -0.0812. The second kappa shape index (κ2) is 2.89. The van der Waals surface area contributed by atoms with Gasteiger partial charge in [0.15, 0.2) is 6.29 Å². The summed E-state index contributed by atoms with van der Waals surface area (Å²) >= 11 is 0. The third kappa shape index (κ3) is 1.18. The van der Waals surface area contributed by atoms with Gasteiger partial charge in [-0.25, -0.2) is 0 Å². The van der Waals surface area contributed by atoms with E-state index >= 15 is 0 Å². The highest BCUT2D eigenvalue weighted by Crippen LogP contribution is 2.31. The molecule has 1 saturated heterocycles. The van der Waals surface area contributed by atoms with Gasteiger partial charge in [0.2, 0.25) is 0 Å². The third-order valence-electron chi connectivity index (χ3n) is 2.43. The lowest BCUT2D eigenvalue weighted by Crippen LogP contribution is -2.18. The van der Waals surface area contributed by atoms with Crippen LogP contribution in [0, 0.1) is 5.92 Å². The van der Waals surface area contributed by atoms with E-state index in [1.54, 1.807) is 0 Å². The van der Waals surface area contributed by atoms with Crippen LogP contribution in [0.3, 0.4) is 0 Å². The minimum absolute atomic E-state index is 0.155. The molecule has 1 aliphatic heterocycles. The van der Waals surface area contributed by atoms with E-state index in [9.17, 15) is 0 Å². The Hall–Kier alpha value is -0.0800. The van der Waals surface area contributed by atoms with Crippen molar-refractivity contribution in [3.8, 4) is 0 Å². The molecule has 0 aromatic carbocycles. The lowest BCUT2D eigenvalue weighted by Gasteiger charge is -2.15. The molecule has 2 fully saturated rings. The molecule has 1 aliphatic carbocycles. The fraction of sp³-hybridized carbons (Fsp3) is 1.00. The molecule has 0 bridgehead atoms. The summed E-state index contributed by atoms with van der Waals surface area (Å²) in [6.07, 6.45) is 5.51. The minimum Gasteiger partial charge on any atom is -0.350 e. The van der Waals surface area contributed by atoms with Gasteiger partial charge in [0.25, 0.3) is 0 Å². The van der Waals surface area contributed by atoms with Crippen LogP contribution in [0.5, 0.6) is 0 Å². The fourth-order valence-corrected chi connectivity index (χ4v) is 1.88. The molecule has 2 rings (SSSR count). The molecule has 1 saturated carbocycles. The van der Waals surface area contributed by atoms with Crippen LogP contribution in [-0.2, 0) is 9.47 Å². The Morgan fingerprint density at radius 2 is 1.50 bits per heavy atom. The Morgan fingerprint density at radius 3 is 2.10 bits per heavy atom. The van der Waals surface area contributed by atoms with Gasteiger partial charge in [0, 0.05) is 5.92 Å². The molecule has 0 amide bonds. The molecule has 0 aromatic heterocycles. The van der Waals surface area contributed by atoms with E-state index in [4.69, 9.17) is 9.47 Å². The molecule has 0 unspecified atom stereocenters. The van der Waals surface area contributed by atoms with Gasteiger partial charge in [-0.1, -0.05) is 12.8 Å². The first kappa shape index (κ1) is 6.62. The maximum absolute atomic E-state index is 5.41. The van der Waals surface area contributed by atoms with Crippen LogP contribution in [-0.4, -0.2) is 19.5 Å². The highest BCUT2D eigenvalue weighted by atomic mass is 16.7. The van der Waals surface area contributed by atoms with Gasteiger partial charge in [-0.2, -0.15) is 0 Å². The summed E-state index contributed by atoms with van der Waals surface area (Å²) in [6.45, 7) is 1.61. The smallest absolute Gasteiger partial charge is 0.160 e. The summed E-state index contributed by atoms with van der Waals surface area (Å²) in [5.74, 6) is 0.711. The van der Waals surface area contributed by atoms with Crippen LogP contribution in [0.15, 0.2) is 0 Å². The fourth-order valence-electron chi connectivity index (χ4n) is 1.88. The van der Waals surface area contributed by atoms with E-state index in [0.717, 1.165) is 13.2 Å². The number of rotatable bonds is 1. The Morgan fingerprint density at radius 1 is 0.900 bits per heavy atom. The summed E-state index contributed by atoms with van der Waals surface area (Å²) in [6, 6.07) is 0. The van der Waals surface area contributed by atoms with Crippen molar-refractivity contribution in [3.05, 3.63) is 0 Å². The number of hydrogen-bond acceptors (Lipinski definition) is 2. The molecule has 10 heavy (non-hydrogen) atoms. The summed E-state index contributed by atoms with van der Waals surface area (Å²) in [7, 11) is 0. The Balaban J connectivity index is 1.85. The predicted octanol–water partition coefficient (Wildman–Crippen LogP) is 1.55. The van der Waals surface area contributed by atoms with Crippen LogP contribution in [0.2, 0.25) is 0 Å². The average Bonchev–Trinajstić information content (AvgIpc) is 2.59. The summed E-state index contributed by atoms with van der Waals surface area (Å²) in [5, 5.41) is 0. The highest BCUT2D eigenvalue weighted by Gasteiger charge is 2.28. The number of ether oxygens (including phenoxy) is 2. The van der Waals surface area contributed by atoms with Gasteiger partial charge < -0.3 is 9.47 Å². The van der Waals surface area contributed by atoms with Crippen molar-refractivity contribution in [2.75, 3.05) is 13.2 Å².